The molecule has 7 nitrogen and oxygen atoms in total. The highest BCUT2D eigenvalue weighted by Gasteiger charge is 2.55. The Labute approximate surface area is 165 Å². The van der Waals surface area contributed by atoms with Crippen LogP contribution in [0.25, 0.3) is 0 Å². The number of sulfone groups is 1. The molecule has 3 rings (SSSR count). The Hall–Kier alpha value is -2.42. The molecule has 140 valence electrons. The van der Waals surface area contributed by atoms with Crippen molar-refractivity contribution in [2.24, 2.45) is 0 Å². The third-order valence-corrected chi connectivity index (χ3v) is 6.96. The molecule has 3 aromatic rings. The summed E-state index contributed by atoms with van der Waals surface area (Å²) in [5.41, 5.74) is -0.111. The fraction of sp³-hybridized carbons (Fsp3) is 0.118. The van der Waals surface area contributed by atoms with Gasteiger partial charge in [-0.2, -0.15) is 5.10 Å². The van der Waals surface area contributed by atoms with Crippen molar-refractivity contribution in [2.75, 3.05) is 0 Å². The molecule has 1 atom stereocenters. The number of benzene rings is 2. The number of carbonyl (C=O) groups is 1. The lowest BCUT2D eigenvalue weighted by Crippen LogP contribution is -2.47. The van der Waals surface area contributed by atoms with Crippen molar-refractivity contribution < 1.29 is 18.3 Å². The minimum atomic E-state index is -4.44. The van der Waals surface area contributed by atoms with Crippen LogP contribution in [0.4, 0.5) is 0 Å². The van der Waals surface area contributed by atoms with E-state index in [9.17, 15) is 18.3 Å². The van der Waals surface area contributed by atoms with Crippen molar-refractivity contribution in [1.29, 1.82) is 0 Å². The zero-order valence-electron chi connectivity index (χ0n) is 13.7. The fourth-order valence-corrected chi connectivity index (χ4v) is 5.32. The number of hydrogen-bond donors (Lipinski definition) is 1. The van der Waals surface area contributed by atoms with Crippen molar-refractivity contribution in [3.05, 3.63) is 76.8 Å². The zero-order valence-corrected chi connectivity index (χ0v) is 16.0. The average Bonchev–Trinajstić information content (AvgIpc) is 3.13. The molecule has 1 aromatic heterocycles. The van der Waals surface area contributed by atoms with Crippen molar-refractivity contribution >= 4 is 39.0 Å². The third kappa shape index (κ3) is 3.31. The van der Waals surface area contributed by atoms with Crippen LogP contribution in [-0.4, -0.2) is 34.3 Å². The standard InChI is InChI=1S/C17H13Cl2N3O4S/c18-12-6-7-14(15(19)8-12)17(16(23)24,9-22-11-20-10-21-22)27(25,26)13-4-2-1-3-5-13/h1-8,10-11H,9H2,(H,23,24). The van der Waals surface area contributed by atoms with Crippen LogP contribution in [0.2, 0.25) is 10.0 Å². The number of carboxylic acids is 1. The summed E-state index contributed by atoms with van der Waals surface area (Å²) in [6.07, 6.45) is 2.42. The number of hydrogen-bond acceptors (Lipinski definition) is 5. The summed E-state index contributed by atoms with van der Waals surface area (Å²) in [5, 5.41) is 14.2. The summed E-state index contributed by atoms with van der Waals surface area (Å²) in [5.74, 6) is -1.59. The first-order valence-electron chi connectivity index (χ1n) is 7.60. The quantitative estimate of drug-likeness (QED) is 0.650. The molecule has 0 amide bonds. The number of rotatable bonds is 6. The van der Waals surface area contributed by atoms with Crippen LogP contribution in [0.3, 0.4) is 0 Å². The van der Waals surface area contributed by atoms with Crippen molar-refractivity contribution in [2.45, 2.75) is 16.2 Å². The van der Waals surface area contributed by atoms with Crippen LogP contribution >= 0.6 is 23.2 Å². The van der Waals surface area contributed by atoms with E-state index in [4.69, 9.17) is 23.2 Å². The van der Waals surface area contributed by atoms with Gasteiger partial charge in [0.1, 0.15) is 12.7 Å². The van der Waals surface area contributed by atoms with E-state index in [0.29, 0.717) is 0 Å². The molecule has 0 spiro atoms. The Morgan fingerprint density at radius 1 is 1.15 bits per heavy atom. The highest BCUT2D eigenvalue weighted by molar-refractivity contribution is 7.93. The molecule has 0 aliphatic carbocycles. The average molecular weight is 426 g/mol. The molecule has 10 heteroatoms. The maximum atomic E-state index is 13.5. The second-order valence-electron chi connectivity index (χ2n) is 5.67. The fourth-order valence-electron chi connectivity index (χ4n) is 2.77. The Bertz CT molecular complexity index is 1070. The highest BCUT2D eigenvalue weighted by Crippen LogP contribution is 2.41. The van der Waals surface area contributed by atoms with Gasteiger partial charge < -0.3 is 5.11 Å². The Balaban J connectivity index is 2.35. The van der Waals surface area contributed by atoms with E-state index in [1.807, 2.05) is 0 Å². The van der Waals surface area contributed by atoms with Gasteiger partial charge in [0, 0.05) is 15.6 Å². The molecule has 0 radical (unpaired) electrons. The first kappa shape index (κ1) is 19.3. The second-order valence-corrected chi connectivity index (χ2v) is 8.68. The Morgan fingerprint density at radius 2 is 1.85 bits per heavy atom. The molecular formula is C17H13Cl2N3O4S. The van der Waals surface area contributed by atoms with Crippen LogP contribution in [-0.2, 0) is 25.9 Å². The number of nitrogens with zero attached hydrogens (tertiary/aromatic N) is 3. The van der Waals surface area contributed by atoms with E-state index < -0.39 is 27.1 Å². The summed E-state index contributed by atoms with van der Waals surface area (Å²) >= 11 is 12.1. The molecule has 0 aliphatic rings. The zero-order chi connectivity index (χ0) is 19.7. The van der Waals surface area contributed by atoms with Crippen molar-refractivity contribution in [3.63, 3.8) is 0 Å². The first-order valence-corrected chi connectivity index (χ1v) is 9.84. The van der Waals surface area contributed by atoms with E-state index in [1.165, 1.54) is 55.1 Å². The van der Waals surface area contributed by atoms with Gasteiger partial charge in [0.15, 0.2) is 0 Å². The summed E-state index contributed by atoms with van der Waals surface area (Å²) in [6.45, 7) is -0.527. The first-order chi connectivity index (χ1) is 12.8. The smallest absolute Gasteiger partial charge is 0.332 e. The lowest BCUT2D eigenvalue weighted by atomic mass is 9.98. The minimum Gasteiger partial charge on any atom is -0.480 e. The van der Waals surface area contributed by atoms with E-state index in [2.05, 4.69) is 10.1 Å². The SMILES string of the molecule is O=C(O)C(Cn1cncn1)(c1ccc(Cl)cc1Cl)S(=O)(=O)c1ccccc1. The molecule has 0 saturated carbocycles. The molecule has 1 heterocycles. The molecule has 27 heavy (non-hydrogen) atoms. The second kappa shape index (κ2) is 7.30. The molecule has 0 bridgehead atoms. The van der Waals surface area contributed by atoms with E-state index in [1.54, 1.807) is 6.07 Å². The lowest BCUT2D eigenvalue weighted by Gasteiger charge is -2.30. The normalized spacial score (nSPS) is 13.9. The van der Waals surface area contributed by atoms with Crippen LogP contribution in [0.15, 0.2) is 66.1 Å². The Kier molecular flexibility index (Phi) is 5.23. The summed E-state index contributed by atoms with van der Waals surface area (Å²) in [4.78, 5) is 16.1. The van der Waals surface area contributed by atoms with Crippen LogP contribution in [0.5, 0.6) is 0 Å². The van der Waals surface area contributed by atoms with Crippen LogP contribution < -0.4 is 0 Å². The Morgan fingerprint density at radius 3 is 2.41 bits per heavy atom. The highest BCUT2D eigenvalue weighted by atomic mass is 35.5. The number of halogens is 2. The van der Waals surface area contributed by atoms with E-state index in [-0.39, 0.29) is 20.5 Å². The van der Waals surface area contributed by atoms with Gasteiger partial charge in [-0.05, 0) is 24.3 Å². The molecule has 0 fully saturated rings. The molecule has 0 saturated heterocycles. The minimum absolute atomic E-state index is 0.0791. The van der Waals surface area contributed by atoms with Crippen molar-refractivity contribution in [3.8, 4) is 0 Å². The maximum absolute atomic E-state index is 13.5. The lowest BCUT2D eigenvalue weighted by molar-refractivity contribution is -0.141. The molecule has 2 aromatic carbocycles. The van der Waals surface area contributed by atoms with Gasteiger partial charge in [0.05, 0.1) is 11.4 Å². The van der Waals surface area contributed by atoms with Gasteiger partial charge in [0.25, 0.3) is 0 Å². The predicted molar refractivity (Wildman–Crippen MR) is 99.4 cm³/mol. The largest absolute Gasteiger partial charge is 0.480 e. The van der Waals surface area contributed by atoms with Gasteiger partial charge in [0.2, 0.25) is 14.6 Å². The summed E-state index contributed by atoms with van der Waals surface area (Å²) in [6, 6.07) is 11.3. The van der Waals surface area contributed by atoms with E-state index in [0.717, 1.165) is 4.68 Å². The van der Waals surface area contributed by atoms with Crippen molar-refractivity contribution in [1.82, 2.24) is 14.8 Å². The monoisotopic (exact) mass is 425 g/mol. The maximum Gasteiger partial charge on any atom is 0.332 e. The van der Waals surface area contributed by atoms with E-state index >= 15 is 0 Å². The molecule has 0 aliphatic heterocycles. The summed E-state index contributed by atoms with van der Waals surface area (Å²) in [7, 11) is -4.44. The van der Waals surface area contributed by atoms with Gasteiger partial charge in [-0.15, -0.1) is 0 Å². The third-order valence-electron chi connectivity index (χ3n) is 4.08. The van der Waals surface area contributed by atoms with Crippen LogP contribution in [0.1, 0.15) is 5.56 Å². The predicted octanol–water partition coefficient (Wildman–Crippen LogP) is 3.04. The van der Waals surface area contributed by atoms with Gasteiger partial charge in [-0.3, -0.25) is 9.48 Å². The van der Waals surface area contributed by atoms with Gasteiger partial charge in [-0.1, -0.05) is 47.5 Å². The molecule has 1 N–H and O–H groups in total. The topological polar surface area (TPSA) is 102 Å². The van der Waals surface area contributed by atoms with Gasteiger partial charge >= 0.3 is 5.97 Å². The number of aliphatic carboxylic acids is 1. The van der Waals surface area contributed by atoms with Gasteiger partial charge in [-0.25, -0.2) is 13.4 Å². The number of carboxylic acid groups (broad SMARTS) is 1. The molecular weight excluding hydrogens is 413 g/mol. The van der Waals surface area contributed by atoms with Crippen LogP contribution in [0, 0.1) is 0 Å². The number of aromatic nitrogens is 3. The summed E-state index contributed by atoms with van der Waals surface area (Å²) < 4.78 is 25.7. The molecule has 1 unspecified atom stereocenters.